The van der Waals surface area contributed by atoms with Crippen LogP contribution in [0.4, 0.5) is 0 Å². The lowest BCUT2D eigenvalue weighted by Gasteiger charge is -2.14. The van der Waals surface area contributed by atoms with Crippen molar-refractivity contribution in [1.29, 1.82) is 0 Å². The smallest absolute Gasteiger partial charge is 0.253 e. The molecule has 1 atom stereocenters. The Labute approximate surface area is 113 Å². The van der Waals surface area contributed by atoms with Crippen LogP contribution in [0.1, 0.15) is 29.7 Å². The van der Waals surface area contributed by atoms with Crippen LogP contribution in [0.5, 0.6) is 0 Å². The molecule has 1 heterocycles. The van der Waals surface area contributed by atoms with Gasteiger partial charge >= 0.3 is 0 Å². The minimum atomic E-state index is -0.162. The van der Waals surface area contributed by atoms with Gasteiger partial charge in [-0.1, -0.05) is 37.3 Å². The lowest BCUT2D eigenvalue weighted by molar-refractivity contribution is 0.560. The van der Waals surface area contributed by atoms with Gasteiger partial charge in [-0.2, -0.15) is 0 Å². The van der Waals surface area contributed by atoms with Gasteiger partial charge in [0.25, 0.3) is 5.56 Å². The summed E-state index contributed by atoms with van der Waals surface area (Å²) in [6.07, 6.45) is 2.81. The summed E-state index contributed by atoms with van der Waals surface area (Å²) in [5.41, 5.74) is 9.31. The molecule has 2 rings (SSSR count). The summed E-state index contributed by atoms with van der Waals surface area (Å²) in [7, 11) is 0. The van der Waals surface area contributed by atoms with E-state index in [-0.39, 0.29) is 11.6 Å². The van der Waals surface area contributed by atoms with Crippen molar-refractivity contribution in [2.24, 2.45) is 5.73 Å². The second kappa shape index (κ2) is 5.85. The molecule has 0 aliphatic rings. The number of nitrogens with zero attached hydrogens (tertiary/aromatic N) is 1. The van der Waals surface area contributed by atoms with Gasteiger partial charge < -0.3 is 10.3 Å². The topological polar surface area (TPSA) is 48.0 Å². The summed E-state index contributed by atoms with van der Waals surface area (Å²) in [6.45, 7) is 4.45. The van der Waals surface area contributed by atoms with Gasteiger partial charge in [0.05, 0.1) is 0 Å². The highest BCUT2D eigenvalue weighted by Gasteiger charge is 2.08. The molecule has 1 unspecified atom stereocenters. The van der Waals surface area contributed by atoms with Crippen molar-refractivity contribution in [3.63, 3.8) is 0 Å². The maximum atomic E-state index is 11.9. The summed E-state index contributed by atoms with van der Waals surface area (Å²) in [4.78, 5) is 11.9. The van der Waals surface area contributed by atoms with Gasteiger partial charge in [-0.3, -0.25) is 4.79 Å². The summed E-state index contributed by atoms with van der Waals surface area (Å²) in [5.74, 6) is 0. The first kappa shape index (κ1) is 13.6. The molecular weight excluding hydrogens is 236 g/mol. The minimum Gasteiger partial charge on any atom is -0.322 e. The summed E-state index contributed by atoms with van der Waals surface area (Å²) >= 11 is 0. The van der Waals surface area contributed by atoms with E-state index in [1.807, 2.05) is 31.2 Å². The van der Waals surface area contributed by atoms with Crippen LogP contribution < -0.4 is 11.3 Å². The van der Waals surface area contributed by atoms with E-state index in [0.29, 0.717) is 6.54 Å². The van der Waals surface area contributed by atoms with Crippen molar-refractivity contribution >= 4 is 0 Å². The average Bonchev–Trinajstić information content (AvgIpc) is 2.44. The fourth-order valence-electron chi connectivity index (χ4n) is 2.12. The van der Waals surface area contributed by atoms with Gasteiger partial charge in [-0.15, -0.1) is 0 Å². The Hall–Kier alpha value is -1.87. The van der Waals surface area contributed by atoms with Crippen molar-refractivity contribution in [3.05, 3.63) is 69.6 Å². The second-order valence-electron chi connectivity index (χ2n) is 4.85. The molecule has 3 nitrogen and oxygen atoms in total. The molecule has 2 N–H and O–H groups in total. The molecule has 0 aliphatic carbocycles. The second-order valence-corrected chi connectivity index (χ2v) is 4.85. The quantitative estimate of drug-likeness (QED) is 0.913. The molecule has 1 aromatic carbocycles. The van der Waals surface area contributed by atoms with Crippen LogP contribution in [0.2, 0.25) is 0 Å². The van der Waals surface area contributed by atoms with E-state index in [1.54, 1.807) is 10.8 Å². The van der Waals surface area contributed by atoms with E-state index >= 15 is 0 Å². The largest absolute Gasteiger partial charge is 0.322 e. The van der Waals surface area contributed by atoms with Crippen molar-refractivity contribution in [3.8, 4) is 0 Å². The standard InChI is InChI=1S/C16H20N2O/c1-3-13-6-8-14(9-7-13)15(17)11-18-10-4-5-12(2)16(18)19/h4-10,15H,3,11,17H2,1-2H3. The molecule has 1 aromatic heterocycles. The van der Waals surface area contributed by atoms with Gasteiger partial charge in [0.1, 0.15) is 0 Å². The molecule has 19 heavy (non-hydrogen) atoms. The predicted octanol–water partition coefficient (Wildman–Crippen LogP) is 2.42. The number of rotatable bonds is 4. The number of aromatic nitrogens is 1. The number of hydrogen-bond donors (Lipinski definition) is 1. The van der Waals surface area contributed by atoms with Gasteiger partial charge in [0.2, 0.25) is 0 Å². The molecule has 0 fully saturated rings. The number of aryl methyl sites for hydroxylation is 2. The lowest BCUT2D eigenvalue weighted by Crippen LogP contribution is -2.27. The SMILES string of the molecule is CCc1ccc(C(N)Cn2cccc(C)c2=O)cc1. The zero-order chi connectivity index (χ0) is 13.8. The van der Waals surface area contributed by atoms with Crippen LogP contribution in [0.15, 0.2) is 47.4 Å². The zero-order valence-corrected chi connectivity index (χ0v) is 11.5. The van der Waals surface area contributed by atoms with Crippen molar-refractivity contribution < 1.29 is 0 Å². The molecule has 0 saturated carbocycles. The van der Waals surface area contributed by atoms with E-state index in [9.17, 15) is 4.79 Å². The van der Waals surface area contributed by atoms with E-state index < -0.39 is 0 Å². The first-order valence-electron chi connectivity index (χ1n) is 6.62. The van der Waals surface area contributed by atoms with E-state index in [1.165, 1.54) is 5.56 Å². The molecule has 2 aromatic rings. The van der Waals surface area contributed by atoms with Gasteiger partial charge in [-0.05, 0) is 30.5 Å². The maximum absolute atomic E-state index is 11.9. The molecule has 0 aliphatic heterocycles. The van der Waals surface area contributed by atoms with E-state index in [4.69, 9.17) is 5.73 Å². The third kappa shape index (κ3) is 3.12. The van der Waals surface area contributed by atoms with Crippen LogP contribution in [-0.4, -0.2) is 4.57 Å². The Morgan fingerprint density at radius 2 is 1.89 bits per heavy atom. The molecule has 100 valence electrons. The van der Waals surface area contributed by atoms with Crippen molar-refractivity contribution in [2.75, 3.05) is 0 Å². The van der Waals surface area contributed by atoms with E-state index in [0.717, 1.165) is 17.5 Å². The highest BCUT2D eigenvalue weighted by atomic mass is 16.1. The average molecular weight is 256 g/mol. The molecule has 3 heteroatoms. The van der Waals surface area contributed by atoms with Gasteiger partial charge in [0.15, 0.2) is 0 Å². The number of pyridine rings is 1. The zero-order valence-electron chi connectivity index (χ0n) is 11.5. The third-order valence-corrected chi connectivity index (χ3v) is 3.42. The monoisotopic (exact) mass is 256 g/mol. The summed E-state index contributed by atoms with van der Waals surface area (Å²) in [6, 6.07) is 11.8. The van der Waals surface area contributed by atoms with Crippen LogP contribution in [0.25, 0.3) is 0 Å². The highest BCUT2D eigenvalue weighted by molar-refractivity contribution is 5.24. The molecular formula is C16H20N2O. The van der Waals surface area contributed by atoms with E-state index in [2.05, 4.69) is 19.1 Å². The molecule has 0 bridgehead atoms. The third-order valence-electron chi connectivity index (χ3n) is 3.42. The number of nitrogens with two attached hydrogens (primary N) is 1. The van der Waals surface area contributed by atoms with Gasteiger partial charge in [-0.25, -0.2) is 0 Å². The maximum Gasteiger partial charge on any atom is 0.253 e. The summed E-state index contributed by atoms with van der Waals surface area (Å²) in [5, 5.41) is 0. The Morgan fingerprint density at radius 3 is 2.53 bits per heavy atom. The van der Waals surface area contributed by atoms with Crippen molar-refractivity contribution in [2.45, 2.75) is 32.9 Å². The Morgan fingerprint density at radius 1 is 1.21 bits per heavy atom. The Balaban J connectivity index is 2.18. The van der Waals surface area contributed by atoms with Crippen molar-refractivity contribution in [1.82, 2.24) is 4.57 Å². The van der Waals surface area contributed by atoms with Gasteiger partial charge in [0, 0.05) is 24.3 Å². The predicted molar refractivity (Wildman–Crippen MR) is 78.2 cm³/mol. The number of benzene rings is 1. The van der Waals surface area contributed by atoms with Crippen LogP contribution in [0.3, 0.4) is 0 Å². The minimum absolute atomic E-state index is 0.0307. The Bertz CT molecular complexity index is 599. The fraction of sp³-hybridized carbons (Fsp3) is 0.312. The molecule has 0 spiro atoms. The lowest BCUT2D eigenvalue weighted by atomic mass is 10.0. The van der Waals surface area contributed by atoms with Crippen LogP contribution in [0, 0.1) is 6.92 Å². The highest BCUT2D eigenvalue weighted by Crippen LogP contribution is 2.13. The Kier molecular flexibility index (Phi) is 4.17. The first-order valence-corrected chi connectivity index (χ1v) is 6.62. The van der Waals surface area contributed by atoms with Crippen LogP contribution >= 0.6 is 0 Å². The first-order chi connectivity index (χ1) is 9.11. The van der Waals surface area contributed by atoms with Crippen LogP contribution in [-0.2, 0) is 13.0 Å². The molecule has 0 saturated heterocycles. The fourth-order valence-corrected chi connectivity index (χ4v) is 2.12. The molecule has 0 amide bonds. The molecule has 0 radical (unpaired) electrons. The summed E-state index contributed by atoms with van der Waals surface area (Å²) < 4.78 is 1.67. The number of hydrogen-bond acceptors (Lipinski definition) is 2. The normalized spacial score (nSPS) is 12.4.